The highest BCUT2D eigenvalue weighted by Crippen LogP contribution is 2.25. The number of hydrogen-bond donors (Lipinski definition) is 2. The van der Waals surface area contributed by atoms with Crippen molar-refractivity contribution < 1.29 is 19.1 Å². The fourth-order valence-electron chi connectivity index (χ4n) is 2.01. The summed E-state index contributed by atoms with van der Waals surface area (Å²) in [5.41, 5.74) is -0.343. The summed E-state index contributed by atoms with van der Waals surface area (Å²) in [6.45, 7) is 5.17. The number of aryl methyl sites for hydroxylation is 2. The van der Waals surface area contributed by atoms with Gasteiger partial charge in [0.2, 0.25) is 0 Å². The Hall–Kier alpha value is -2.21. The topological polar surface area (TPSA) is 66.4 Å². The van der Waals surface area contributed by atoms with E-state index in [4.69, 9.17) is 0 Å². The van der Waals surface area contributed by atoms with E-state index in [1.54, 1.807) is 6.07 Å². The van der Waals surface area contributed by atoms with Crippen LogP contribution in [-0.2, 0) is 10.3 Å². The third-order valence-corrected chi connectivity index (χ3v) is 4.75. The lowest BCUT2D eigenvalue weighted by molar-refractivity contribution is -0.144. The van der Waals surface area contributed by atoms with Crippen LogP contribution in [0.5, 0.6) is 0 Å². The molecule has 0 spiro atoms. The second-order valence-electron chi connectivity index (χ2n) is 5.24. The molecule has 1 aromatic carbocycles. The Morgan fingerprint density at radius 1 is 1.23 bits per heavy atom. The van der Waals surface area contributed by atoms with Crippen molar-refractivity contribution in [3.05, 3.63) is 57.0 Å². The van der Waals surface area contributed by atoms with E-state index in [0.29, 0.717) is 10.4 Å². The van der Waals surface area contributed by atoms with Crippen molar-refractivity contribution in [3.63, 3.8) is 0 Å². The molecule has 0 aliphatic rings. The van der Waals surface area contributed by atoms with Gasteiger partial charge in [-0.15, -0.1) is 11.3 Å². The van der Waals surface area contributed by atoms with Gasteiger partial charge < -0.3 is 10.4 Å². The van der Waals surface area contributed by atoms with Gasteiger partial charge in [-0.25, -0.2) is 9.18 Å². The number of carboxylic acid groups (broad SMARTS) is 1. The number of amides is 1. The minimum atomic E-state index is -1.63. The second kappa shape index (κ2) is 5.88. The van der Waals surface area contributed by atoms with Crippen LogP contribution in [0.2, 0.25) is 0 Å². The normalized spacial score (nSPS) is 13.5. The zero-order valence-corrected chi connectivity index (χ0v) is 13.3. The molecule has 0 bridgehead atoms. The van der Waals surface area contributed by atoms with Gasteiger partial charge in [0.05, 0.1) is 4.88 Å². The lowest BCUT2D eigenvalue weighted by Crippen LogP contribution is -2.49. The summed E-state index contributed by atoms with van der Waals surface area (Å²) in [5, 5.41) is 12.0. The molecule has 0 fully saturated rings. The molecule has 22 heavy (non-hydrogen) atoms. The predicted octanol–water partition coefficient (Wildman–Crippen LogP) is 3.23. The Morgan fingerprint density at radius 2 is 1.82 bits per heavy atom. The van der Waals surface area contributed by atoms with Gasteiger partial charge >= 0.3 is 5.97 Å². The zero-order valence-electron chi connectivity index (χ0n) is 12.4. The first-order valence-corrected chi connectivity index (χ1v) is 7.44. The van der Waals surface area contributed by atoms with Crippen LogP contribution in [0.4, 0.5) is 4.39 Å². The van der Waals surface area contributed by atoms with Crippen LogP contribution in [0.1, 0.15) is 32.6 Å². The van der Waals surface area contributed by atoms with E-state index in [9.17, 15) is 19.1 Å². The smallest absolute Gasteiger partial charge is 0.333 e. The molecule has 4 nitrogen and oxygen atoms in total. The standard InChI is InChI=1S/C16H16FNO3S/c1-9-8-13(22-10(9)2)14(19)18-16(3,15(20)21)11-4-6-12(17)7-5-11/h4-8H,1-3H3,(H,18,19)(H,20,21). The lowest BCUT2D eigenvalue weighted by atomic mass is 9.92. The summed E-state index contributed by atoms with van der Waals surface area (Å²) < 4.78 is 13.0. The number of thiophene rings is 1. The summed E-state index contributed by atoms with van der Waals surface area (Å²) in [5.74, 6) is -2.14. The molecule has 1 amide bonds. The highest BCUT2D eigenvalue weighted by molar-refractivity contribution is 7.14. The van der Waals surface area contributed by atoms with Gasteiger partial charge in [-0.1, -0.05) is 12.1 Å². The number of benzene rings is 1. The van der Waals surface area contributed by atoms with E-state index < -0.39 is 23.2 Å². The van der Waals surface area contributed by atoms with Gasteiger partial charge in [0.1, 0.15) is 5.82 Å². The first kappa shape index (κ1) is 16.2. The van der Waals surface area contributed by atoms with Crippen molar-refractivity contribution in [1.82, 2.24) is 5.32 Å². The summed E-state index contributed by atoms with van der Waals surface area (Å²) in [7, 11) is 0. The Balaban J connectivity index is 2.34. The second-order valence-corrected chi connectivity index (χ2v) is 6.50. The fraction of sp³-hybridized carbons (Fsp3) is 0.250. The van der Waals surface area contributed by atoms with E-state index in [1.807, 2.05) is 13.8 Å². The van der Waals surface area contributed by atoms with Gasteiger partial charge in [0.15, 0.2) is 5.54 Å². The number of halogens is 1. The van der Waals surface area contributed by atoms with Crippen LogP contribution in [-0.4, -0.2) is 17.0 Å². The summed E-state index contributed by atoms with van der Waals surface area (Å²) in [6, 6.07) is 6.77. The van der Waals surface area contributed by atoms with Crippen molar-refractivity contribution in [2.24, 2.45) is 0 Å². The molecule has 0 saturated heterocycles. The van der Waals surface area contributed by atoms with E-state index >= 15 is 0 Å². The maximum Gasteiger partial charge on any atom is 0.333 e. The quantitative estimate of drug-likeness (QED) is 0.908. The number of carbonyl (C=O) groups excluding carboxylic acids is 1. The fourth-order valence-corrected chi connectivity index (χ4v) is 2.94. The summed E-state index contributed by atoms with van der Waals surface area (Å²) in [6.07, 6.45) is 0. The Kier molecular flexibility index (Phi) is 4.32. The van der Waals surface area contributed by atoms with Crippen LogP contribution in [0.15, 0.2) is 30.3 Å². The monoisotopic (exact) mass is 321 g/mol. The summed E-state index contributed by atoms with van der Waals surface area (Å²) >= 11 is 1.31. The molecule has 116 valence electrons. The van der Waals surface area contributed by atoms with Gasteiger partial charge in [-0.2, -0.15) is 0 Å². The maximum absolute atomic E-state index is 13.0. The average molecular weight is 321 g/mol. The predicted molar refractivity (Wildman–Crippen MR) is 82.6 cm³/mol. The Bertz CT molecular complexity index is 704. The molecule has 2 N–H and O–H groups in total. The molecule has 1 aromatic heterocycles. The number of nitrogens with one attached hydrogen (secondary N) is 1. The van der Waals surface area contributed by atoms with Gasteiger partial charge in [-0.3, -0.25) is 4.79 Å². The van der Waals surface area contributed by atoms with Gasteiger partial charge in [0.25, 0.3) is 5.91 Å². The SMILES string of the molecule is Cc1cc(C(=O)NC(C)(C(=O)O)c2ccc(F)cc2)sc1C. The molecule has 6 heteroatoms. The number of carbonyl (C=O) groups is 2. The van der Waals surface area contributed by atoms with Crippen molar-refractivity contribution in [3.8, 4) is 0 Å². The first-order chi connectivity index (χ1) is 10.2. The highest BCUT2D eigenvalue weighted by Gasteiger charge is 2.37. The van der Waals surface area contributed by atoms with E-state index in [0.717, 1.165) is 10.4 Å². The molecular weight excluding hydrogens is 305 g/mol. The van der Waals surface area contributed by atoms with Crippen molar-refractivity contribution in [2.75, 3.05) is 0 Å². The average Bonchev–Trinajstić information content (AvgIpc) is 2.79. The first-order valence-electron chi connectivity index (χ1n) is 6.63. The zero-order chi connectivity index (χ0) is 16.5. The molecule has 2 aromatic rings. The minimum Gasteiger partial charge on any atom is -0.479 e. The highest BCUT2D eigenvalue weighted by atomic mass is 32.1. The van der Waals surface area contributed by atoms with Gasteiger partial charge in [-0.05, 0) is 50.1 Å². The van der Waals surface area contributed by atoms with Crippen LogP contribution in [0, 0.1) is 19.7 Å². The number of hydrogen-bond acceptors (Lipinski definition) is 3. The molecule has 0 radical (unpaired) electrons. The van der Waals surface area contributed by atoms with Crippen molar-refractivity contribution in [1.29, 1.82) is 0 Å². The van der Waals surface area contributed by atoms with E-state index in [2.05, 4.69) is 5.32 Å². The van der Waals surface area contributed by atoms with Crippen molar-refractivity contribution >= 4 is 23.2 Å². The van der Waals surface area contributed by atoms with Crippen molar-refractivity contribution in [2.45, 2.75) is 26.3 Å². The molecule has 2 rings (SSSR count). The molecule has 0 saturated carbocycles. The Labute approximate surface area is 131 Å². The molecular formula is C16H16FNO3S. The third-order valence-electron chi connectivity index (χ3n) is 3.60. The summed E-state index contributed by atoms with van der Waals surface area (Å²) in [4.78, 5) is 25.4. The number of aliphatic carboxylic acids is 1. The molecule has 1 unspecified atom stereocenters. The molecule has 1 atom stereocenters. The van der Waals surface area contributed by atoms with Crippen LogP contribution in [0.3, 0.4) is 0 Å². The largest absolute Gasteiger partial charge is 0.479 e. The molecule has 0 aliphatic heterocycles. The maximum atomic E-state index is 13.0. The third kappa shape index (κ3) is 3.01. The van der Waals surface area contributed by atoms with E-state index in [1.165, 1.54) is 42.5 Å². The van der Waals surface area contributed by atoms with E-state index in [-0.39, 0.29) is 0 Å². The number of carboxylic acids is 1. The van der Waals surface area contributed by atoms with Crippen LogP contribution < -0.4 is 5.32 Å². The Morgan fingerprint density at radius 3 is 2.27 bits per heavy atom. The van der Waals surface area contributed by atoms with Gasteiger partial charge in [0, 0.05) is 4.88 Å². The molecule has 0 aliphatic carbocycles. The minimum absolute atomic E-state index is 0.305. The van der Waals surface area contributed by atoms with Crippen LogP contribution >= 0.6 is 11.3 Å². The molecule has 1 heterocycles. The van der Waals surface area contributed by atoms with Crippen LogP contribution in [0.25, 0.3) is 0 Å². The number of rotatable bonds is 4. The lowest BCUT2D eigenvalue weighted by Gasteiger charge is -2.26.